The lowest BCUT2D eigenvalue weighted by molar-refractivity contribution is 0.0500. The lowest BCUT2D eigenvalue weighted by Crippen LogP contribution is -2.49. The van der Waals surface area contributed by atoms with Gasteiger partial charge in [0.2, 0.25) is 0 Å². The summed E-state index contributed by atoms with van der Waals surface area (Å²) < 4.78 is 7.59. The van der Waals surface area contributed by atoms with Crippen LogP contribution in [0.15, 0.2) is 35.6 Å². The third-order valence-corrected chi connectivity index (χ3v) is 5.65. The average Bonchev–Trinajstić information content (AvgIpc) is 3.37. The lowest BCUT2D eigenvalue weighted by Gasteiger charge is -2.36. The number of hydrogen-bond donors (Lipinski definition) is 3. The summed E-state index contributed by atoms with van der Waals surface area (Å²) in [6.45, 7) is 6.95. The molecule has 1 aliphatic heterocycles. The summed E-state index contributed by atoms with van der Waals surface area (Å²) in [6, 6.07) is -0.380. The number of rotatable bonds is 3. The first-order valence-electron chi connectivity index (χ1n) is 10.4. The number of hydrogen-bond acceptors (Lipinski definition) is 6. The van der Waals surface area contributed by atoms with Crippen molar-refractivity contribution in [3.8, 4) is 0 Å². The van der Waals surface area contributed by atoms with Crippen molar-refractivity contribution in [2.24, 2.45) is 0 Å². The molecular weight excluding hydrogens is 478 g/mol. The number of aromatic nitrogens is 4. The molecule has 170 valence electrons. The van der Waals surface area contributed by atoms with Crippen LogP contribution in [0, 0.1) is 0 Å². The van der Waals surface area contributed by atoms with E-state index in [2.05, 4.69) is 46.4 Å². The van der Waals surface area contributed by atoms with Crippen LogP contribution in [0.25, 0.3) is 11.0 Å². The normalized spacial score (nSPS) is 16.8. The first kappa shape index (κ1) is 22.1. The number of halogens is 1. The van der Waals surface area contributed by atoms with Gasteiger partial charge in [0.15, 0.2) is 0 Å². The average molecular weight is 504 g/mol. The van der Waals surface area contributed by atoms with E-state index in [1.54, 1.807) is 24.8 Å². The zero-order chi connectivity index (χ0) is 22.9. The quantitative estimate of drug-likeness (QED) is 0.495. The molecule has 0 bridgehead atoms. The monoisotopic (exact) mass is 503 g/mol. The summed E-state index contributed by atoms with van der Waals surface area (Å²) in [5.41, 5.74) is 1.63. The number of pyridine rings is 1. The van der Waals surface area contributed by atoms with Crippen LogP contribution in [-0.2, 0) is 4.74 Å². The number of ether oxygens (including phenoxy) is 1. The molecule has 4 heterocycles. The van der Waals surface area contributed by atoms with E-state index in [0.29, 0.717) is 17.9 Å². The Labute approximate surface area is 193 Å². The number of nitrogens with one attached hydrogen (secondary N) is 3. The molecule has 0 spiro atoms. The summed E-state index contributed by atoms with van der Waals surface area (Å²) >= 11 is 3.63. The van der Waals surface area contributed by atoms with Crippen molar-refractivity contribution in [2.75, 3.05) is 23.3 Å². The molecule has 4 rings (SSSR count). The number of anilines is 2. The highest BCUT2D eigenvalue weighted by molar-refractivity contribution is 9.10. The van der Waals surface area contributed by atoms with Gasteiger partial charge in [0, 0.05) is 43.9 Å². The van der Waals surface area contributed by atoms with Gasteiger partial charge in [0.1, 0.15) is 17.6 Å². The van der Waals surface area contributed by atoms with E-state index in [9.17, 15) is 9.59 Å². The van der Waals surface area contributed by atoms with Gasteiger partial charge in [-0.15, -0.1) is 0 Å². The summed E-state index contributed by atoms with van der Waals surface area (Å²) in [6.07, 6.45) is 9.37. The topological polar surface area (TPSA) is 117 Å². The number of carbonyl (C=O) groups excluding carboxylic acids is 2. The second kappa shape index (κ2) is 8.81. The van der Waals surface area contributed by atoms with Crippen molar-refractivity contribution in [1.29, 1.82) is 0 Å². The SMILES string of the molecule is CC(C)(C)OC(=O)N[C@@H]1CCCN(c2c(Br)cnc3[nH]cc(NC(=O)n4ccnc4)c23)C1. The zero-order valence-corrected chi connectivity index (χ0v) is 19.8. The molecule has 1 fully saturated rings. The van der Waals surface area contributed by atoms with Gasteiger partial charge < -0.3 is 25.3 Å². The molecular formula is C21H26BrN7O3. The van der Waals surface area contributed by atoms with Crippen molar-refractivity contribution < 1.29 is 14.3 Å². The maximum Gasteiger partial charge on any atom is 0.407 e. The molecule has 2 amide bonds. The van der Waals surface area contributed by atoms with Gasteiger partial charge >= 0.3 is 12.1 Å². The van der Waals surface area contributed by atoms with Crippen molar-refractivity contribution in [1.82, 2.24) is 24.8 Å². The lowest BCUT2D eigenvalue weighted by atomic mass is 10.0. The van der Waals surface area contributed by atoms with Crippen LogP contribution in [0.3, 0.4) is 0 Å². The van der Waals surface area contributed by atoms with E-state index >= 15 is 0 Å². The van der Waals surface area contributed by atoms with Crippen molar-refractivity contribution >= 4 is 50.5 Å². The highest BCUT2D eigenvalue weighted by atomic mass is 79.9. The zero-order valence-electron chi connectivity index (χ0n) is 18.2. The molecule has 1 atom stereocenters. The third-order valence-electron chi connectivity index (χ3n) is 5.07. The smallest absolute Gasteiger partial charge is 0.407 e. The first-order chi connectivity index (χ1) is 15.2. The summed E-state index contributed by atoms with van der Waals surface area (Å²) in [7, 11) is 0. The van der Waals surface area contributed by atoms with Crippen LogP contribution in [0.4, 0.5) is 21.0 Å². The number of imidazole rings is 1. The van der Waals surface area contributed by atoms with E-state index in [1.165, 1.54) is 10.9 Å². The number of H-pyrrole nitrogens is 1. The van der Waals surface area contributed by atoms with Crippen LogP contribution < -0.4 is 15.5 Å². The van der Waals surface area contributed by atoms with E-state index in [0.717, 1.165) is 34.9 Å². The highest BCUT2D eigenvalue weighted by Crippen LogP contribution is 2.39. The molecule has 32 heavy (non-hydrogen) atoms. The maximum absolute atomic E-state index is 12.6. The molecule has 3 aromatic rings. The Bertz CT molecular complexity index is 1120. The molecule has 0 aliphatic carbocycles. The summed E-state index contributed by atoms with van der Waals surface area (Å²) in [4.78, 5) is 38.5. The summed E-state index contributed by atoms with van der Waals surface area (Å²) in [5.74, 6) is 0. The van der Waals surface area contributed by atoms with Crippen LogP contribution in [-0.4, -0.2) is 56.4 Å². The molecule has 3 aromatic heterocycles. The predicted molar refractivity (Wildman–Crippen MR) is 125 cm³/mol. The van der Waals surface area contributed by atoms with Crippen molar-refractivity contribution in [2.45, 2.75) is 45.3 Å². The van der Waals surface area contributed by atoms with Gasteiger partial charge in [-0.3, -0.25) is 4.57 Å². The molecule has 0 radical (unpaired) electrons. The van der Waals surface area contributed by atoms with Crippen molar-refractivity contribution in [3.63, 3.8) is 0 Å². The fraction of sp³-hybridized carbons (Fsp3) is 0.429. The fourth-order valence-electron chi connectivity index (χ4n) is 3.79. The minimum absolute atomic E-state index is 0.0587. The number of amides is 2. The Balaban J connectivity index is 1.59. The Morgan fingerprint density at radius 3 is 2.88 bits per heavy atom. The molecule has 0 aromatic carbocycles. The Kier molecular flexibility index (Phi) is 6.09. The van der Waals surface area contributed by atoms with Crippen LogP contribution >= 0.6 is 15.9 Å². The van der Waals surface area contributed by atoms with E-state index < -0.39 is 11.7 Å². The van der Waals surface area contributed by atoms with Gasteiger partial charge in [-0.1, -0.05) is 0 Å². The largest absolute Gasteiger partial charge is 0.444 e. The van der Waals surface area contributed by atoms with E-state index in [-0.39, 0.29) is 12.1 Å². The Morgan fingerprint density at radius 2 is 2.16 bits per heavy atom. The first-order valence-corrected chi connectivity index (χ1v) is 11.2. The fourth-order valence-corrected chi connectivity index (χ4v) is 4.35. The Hall–Kier alpha value is -3.08. The van der Waals surface area contributed by atoms with Crippen LogP contribution in [0.1, 0.15) is 33.6 Å². The molecule has 10 nitrogen and oxygen atoms in total. The molecule has 1 saturated heterocycles. The van der Waals surface area contributed by atoms with Crippen LogP contribution in [0.5, 0.6) is 0 Å². The maximum atomic E-state index is 12.6. The molecule has 3 N–H and O–H groups in total. The summed E-state index contributed by atoms with van der Waals surface area (Å²) in [5, 5.41) is 6.70. The van der Waals surface area contributed by atoms with Gasteiger partial charge in [0.05, 0.1) is 21.2 Å². The minimum Gasteiger partial charge on any atom is -0.444 e. The number of nitrogens with zero attached hydrogens (tertiary/aromatic N) is 4. The molecule has 0 unspecified atom stereocenters. The standard InChI is InChI=1S/C21H26BrN7O3/c1-21(2,3)32-20(31)26-13-5-4-7-28(11-13)17-14(22)9-24-18-16(17)15(10-25-18)27-19(30)29-8-6-23-12-29/h6,8-10,12-13H,4-5,7,11H2,1-3H3,(H,24,25)(H,26,31)(H,27,30)/t13-/m1/s1. The van der Waals surface area contributed by atoms with E-state index in [4.69, 9.17) is 4.74 Å². The minimum atomic E-state index is -0.549. The van der Waals surface area contributed by atoms with Crippen LogP contribution in [0.2, 0.25) is 0 Å². The van der Waals surface area contributed by atoms with Gasteiger partial charge in [-0.2, -0.15) is 0 Å². The van der Waals surface area contributed by atoms with Gasteiger partial charge in [0.25, 0.3) is 0 Å². The second-order valence-electron chi connectivity index (χ2n) is 8.71. The van der Waals surface area contributed by atoms with Gasteiger partial charge in [-0.25, -0.2) is 19.6 Å². The molecule has 0 saturated carbocycles. The van der Waals surface area contributed by atoms with Crippen molar-refractivity contribution in [3.05, 3.63) is 35.6 Å². The molecule has 11 heteroatoms. The molecule has 1 aliphatic rings. The number of alkyl carbamates (subject to hydrolysis) is 1. The number of fused-ring (bicyclic) bond motifs is 1. The third kappa shape index (κ3) is 4.87. The number of carbonyl (C=O) groups is 2. The van der Waals surface area contributed by atoms with Gasteiger partial charge in [-0.05, 0) is 49.5 Å². The number of piperidine rings is 1. The highest BCUT2D eigenvalue weighted by Gasteiger charge is 2.27. The number of aromatic amines is 1. The van der Waals surface area contributed by atoms with E-state index in [1.807, 2.05) is 20.8 Å². The Morgan fingerprint density at radius 1 is 1.34 bits per heavy atom. The predicted octanol–water partition coefficient (Wildman–Crippen LogP) is 4.10. The second-order valence-corrected chi connectivity index (χ2v) is 9.57.